The fourth-order valence-electron chi connectivity index (χ4n) is 0.729. The molecular weight excluding hydrogens is 192 g/mol. The van der Waals surface area contributed by atoms with Crippen molar-refractivity contribution in [3.63, 3.8) is 0 Å². The van der Waals surface area contributed by atoms with Crippen molar-refractivity contribution in [3.8, 4) is 0 Å². The molecule has 3 heteroatoms. The second kappa shape index (κ2) is 11.0. The van der Waals surface area contributed by atoms with E-state index in [1.54, 1.807) is 13.2 Å². The Labute approximate surface area is 90.6 Å². The van der Waals surface area contributed by atoms with Crippen molar-refractivity contribution >= 4 is 8.56 Å². The van der Waals surface area contributed by atoms with Crippen LogP contribution in [0.4, 0.5) is 0 Å². The lowest BCUT2D eigenvalue weighted by Crippen LogP contribution is -2.33. The third-order valence-electron chi connectivity index (χ3n) is 1.69. The first-order valence-electron chi connectivity index (χ1n) is 5.30. The van der Waals surface area contributed by atoms with E-state index >= 15 is 0 Å². The Bertz CT molecular complexity index is 124. The molecule has 14 heavy (non-hydrogen) atoms. The summed E-state index contributed by atoms with van der Waals surface area (Å²) in [7, 11) is 0.000948. The highest BCUT2D eigenvalue weighted by Crippen LogP contribution is 2.05. The molecule has 0 amide bonds. The lowest BCUT2D eigenvalue weighted by molar-refractivity contribution is 0.207. The van der Waals surface area contributed by atoms with Crippen molar-refractivity contribution in [1.29, 1.82) is 0 Å². The lowest BCUT2D eigenvalue weighted by atomic mass is 10.3. The van der Waals surface area contributed by atoms with Crippen LogP contribution < -0.4 is 0 Å². The Hall–Kier alpha value is -0.123. The van der Waals surface area contributed by atoms with E-state index in [0.717, 1.165) is 13.0 Å². The zero-order chi connectivity index (χ0) is 11.4. The third kappa shape index (κ3) is 14.4. The van der Waals surface area contributed by atoms with Crippen molar-refractivity contribution < 1.29 is 8.85 Å². The van der Waals surface area contributed by atoms with E-state index in [1.807, 2.05) is 6.92 Å². The van der Waals surface area contributed by atoms with Crippen molar-refractivity contribution in [2.75, 3.05) is 13.7 Å². The van der Waals surface area contributed by atoms with Crippen molar-refractivity contribution in [2.45, 2.75) is 46.2 Å². The molecule has 0 aliphatic rings. The van der Waals surface area contributed by atoms with E-state index in [4.69, 9.17) is 8.85 Å². The first-order chi connectivity index (χ1) is 6.54. The number of allylic oxidation sites excluding steroid dienone is 1. The fourth-order valence-corrected chi connectivity index (χ4v) is 1.48. The topological polar surface area (TPSA) is 18.5 Å². The Kier molecular flexibility index (Phi) is 12.8. The van der Waals surface area contributed by atoms with Crippen LogP contribution in [0.5, 0.6) is 0 Å². The zero-order valence-electron chi connectivity index (χ0n) is 10.4. The van der Waals surface area contributed by atoms with Gasteiger partial charge in [0, 0.05) is 13.7 Å². The minimum absolute atomic E-state index is 0.862. The van der Waals surface area contributed by atoms with Crippen LogP contribution in [0.3, 0.4) is 0 Å². The second-order valence-electron chi connectivity index (χ2n) is 3.57. The molecule has 2 nitrogen and oxygen atoms in total. The first-order valence-corrected chi connectivity index (χ1v) is 8.11. The minimum atomic E-state index is -1.73. The maximum atomic E-state index is 5.60. The monoisotopic (exact) mass is 218 g/mol. The minimum Gasteiger partial charge on any atom is -0.398 e. The van der Waals surface area contributed by atoms with E-state index in [9.17, 15) is 0 Å². The molecule has 0 spiro atoms. The summed E-state index contributed by atoms with van der Waals surface area (Å²) in [5.74, 6) is 0. The normalized spacial score (nSPS) is 10.4. The van der Waals surface area contributed by atoms with E-state index in [1.165, 1.54) is 12.8 Å². The Morgan fingerprint density at radius 2 is 1.79 bits per heavy atom. The fraction of sp³-hybridized carbons (Fsp3) is 0.818. The lowest BCUT2D eigenvalue weighted by Gasteiger charge is -2.19. The molecule has 86 valence electrons. The summed E-state index contributed by atoms with van der Waals surface area (Å²) in [6.07, 6.45) is 5.42. The van der Waals surface area contributed by atoms with Gasteiger partial charge < -0.3 is 8.85 Å². The van der Waals surface area contributed by atoms with Gasteiger partial charge in [-0.3, -0.25) is 0 Å². The van der Waals surface area contributed by atoms with E-state index < -0.39 is 8.56 Å². The largest absolute Gasteiger partial charge is 0.398 e. The van der Waals surface area contributed by atoms with Crippen LogP contribution in [0.15, 0.2) is 12.7 Å². The summed E-state index contributed by atoms with van der Waals surface area (Å²) in [4.78, 5) is 0. The maximum absolute atomic E-state index is 5.60. The SMILES string of the molecule is C=CC.CCCCCO[Si](C)(C)OC. The van der Waals surface area contributed by atoms with Crippen LogP contribution in [0.1, 0.15) is 33.1 Å². The molecule has 0 heterocycles. The van der Waals surface area contributed by atoms with Gasteiger partial charge in [0.05, 0.1) is 0 Å². The number of rotatable bonds is 6. The van der Waals surface area contributed by atoms with Crippen LogP contribution in [0.2, 0.25) is 13.1 Å². The summed E-state index contributed by atoms with van der Waals surface area (Å²) in [6.45, 7) is 12.4. The van der Waals surface area contributed by atoms with Gasteiger partial charge >= 0.3 is 8.56 Å². The van der Waals surface area contributed by atoms with Gasteiger partial charge in [-0.05, 0) is 26.4 Å². The third-order valence-corrected chi connectivity index (χ3v) is 3.57. The van der Waals surface area contributed by atoms with Gasteiger partial charge in [0.2, 0.25) is 0 Å². The van der Waals surface area contributed by atoms with E-state index in [-0.39, 0.29) is 0 Å². The highest BCUT2D eigenvalue weighted by Gasteiger charge is 2.21. The molecule has 0 unspecified atom stereocenters. The molecule has 0 saturated heterocycles. The predicted octanol–water partition coefficient (Wildman–Crippen LogP) is 3.73. The summed E-state index contributed by atoms with van der Waals surface area (Å²) in [5, 5.41) is 0. The molecule has 0 radical (unpaired) electrons. The van der Waals surface area contributed by atoms with Gasteiger partial charge in [-0.25, -0.2) is 0 Å². The summed E-state index contributed by atoms with van der Waals surface area (Å²) in [6, 6.07) is 0. The summed E-state index contributed by atoms with van der Waals surface area (Å²) in [5.41, 5.74) is 0. The number of hydrogen-bond donors (Lipinski definition) is 0. The van der Waals surface area contributed by atoms with Gasteiger partial charge in [-0.15, -0.1) is 6.58 Å². The molecule has 0 aromatic carbocycles. The molecule has 0 N–H and O–H groups in total. The van der Waals surface area contributed by atoms with Gasteiger partial charge in [0.1, 0.15) is 0 Å². The quantitative estimate of drug-likeness (QED) is 0.384. The van der Waals surface area contributed by atoms with Gasteiger partial charge in [0.25, 0.3) is 0 Å². The second-order valence-corrected chi connectivity index (χ2v) is 7.06. The van der Waals surface area contributed by atoms with Crippen molar-refractivity contribution in [2.24, 2.45) is 0 Å². The van der Waals surface area contributed by atoms with Gasteiger partial charge in [0.15, 0.2) is 0 Å². The first kappa shape index (κ1) is 16.3. The molecule has 0 aromatic rings. The Morgan fingerprint density at radius 3 is 2.14 bits per heavy atom. The van der Waals surface area contributed by atoms with Crippen LogP contribution in [-0.4, -0.2) is 22.3 Å². The standard InChI is InChI=1S/C8H20O2Si.C3H6/c1-5-6-7-8-10-11(3,4)9-2;1-3-2/h5-8H2,1-4H3;3H,1H2,2H3. The Balaban J connectivity index is 0. The Morgan fingerprint density at radius 1 is 1.29 bits per heavy atom. The molecule has 0 rings (SSSR count). The predicted molar refractivity (Wildman–Crippen MR) is 65.8 cm³/mol. The molecule has 0 saturated carbocycles. The average Bonchev–Trinajstić information content (AvgIpc) is 2.14. The van der Waals surface area contributed by atoms with Crippen molar-refractivity contribution in [1.82, 2.24) is 0 Å². The molecular formula is C11H26O2Si. The molecule has 0 bridgehead atoms. The zero-order valence-corrected chi connectivity index (χ0v) is 11.4. The van der Waals surface area contributed by atoms with Crippen LogP contribution in [0, 0.1) is 0 Å². The molecule has 0 aliphatic heterocycles. The molecule has 0 atom stereocenters. The van der Waals surface area contributed by atoms with Crippen molar-refractivity contribution in [3.05, 3.63) is 12.7 Å². The van der Waals surface area contributed by atoms with Crippen LogP contribution in [-0.2, 0) is 8.85 Å². The maximum Gasteiger partial charge on any atom is 0.331 e. The van der Waals surface area contributed by atoms with E-state index in [2.05, 4.69) is 26.6 Å². The summed E-state index contributed by atoms with van der Waals surface area (Å²) >= 11 is 0. The van der Waals surface area contributed by atoms with Crippen LogP contribution >= 0.6 is 0 Å². The number of unbranched alkanes of at least 4 members (excludes halogenated alkanes) is 2. The summed E-state index contributed by atoms with van der Waals surface area (Å²) < 4.78 is 10.8. The smallest absolute Gasteiger partial charge is 0.331 e. The molecule has 0 fully saturated rings. The van der Waals surface area contributed by atoms with Crippen LogP contribution in [0.25, 0.3) is 0 Å². The van der Waals surface area contributed by atoms with Gasteiger partial charge in [-0.2, -0.15) is 0 Å². The van der Waals surface area contributed by atoms with Gasteiger partial charge in [-0.1, -0.05) is 25.8 Å². The number of hydrogen-bond acceptors (Lipinski definition) is 2. The highest BCUT2D eigenvalue weighted by atomic mass is 28.4. The molecule has 0 aliphatic carbocycles. The molecule has 0 aromatic heterocycles. The average molecular weight is 218 g/mol. The van der Waals surface area contributed by atoms with E-state index in [0.29, 0.717) is 0 Å². The highest BCUT2D eigenvalue weighted by molar-refractivity contribution is 6.64.